The molecule has 4 aromatic carbocycles. The average Bonchev–Trinajstić information content (AvgIpc) is 2.66. The van der Waals surface area contributed by atoms with Gasteiger partial charge in [0.05, 0.1) is 4.90 Å². The lowest BCUT2D eigenvalue weighted by atomic mass is 10.1. The van der Waals surface area contributed by atoms with Crippen molar-refractivity contribution in [2.75, 3.05) is 0 Å². The van der Waals surface area contributed by atoms with Gasteiger partial charge in [-0.25, -0.2) is 8.42 Å². The van der Waals surface area contributed by atoms with Crippen molar-refractivity contribution >= 4 is 43.0 Å². The molecule has 7 heteroatoms. The molecule has 27 heavy (non-hydrogen) atoms. The molecule has 0 aliphatic heterocycles. The summed E-state index contributed by atoms with van der Waals surface area (Å²) < 4.78 is 35.0. The standard InChI is InChI=1S/C20H14N2O4S/c23-18-10-9-13-5-3-4-8-16(13)20(18)22-21-17-11-14-6-1-2-7-15(14)12-19(17)27(24,25)26/h1-12,23H,(H,24,25,26)/p-1. The molecular formula is C20H13N2O4S-. The first-order chi connectivity index (χ1) is 12.9. The number of rotatable bonds is 3. The fourth-order valence-corrected chi connectivity index (χ4v) is 3.57. The topological polar surface area (TPSA) is 102 Å². The Bertz CT molecular complexity index is 1310. The lowest BCUT2D eigenvalue weighted by Gasteiger charge is -2.11. The van der Waals surface area contributed by atoms with Crippen molar-refractivity contribution in [1.82, 2.24) is 0 Å². The Hall–Kier alpha value is -3.29. The summed E-state index contributed by atoms with van der Waals surface area (Å²) in [4.78, 5) is -0.454. The van der Waals surface area contributed by atoms with E-state index >= 15 is 0 Å². The maximum absolute atomic E-state index is 11.7. The van der Waals surface area contributed by atoms with Crippen molar-refractivity contribution in [1.29, 1.82) is 0 Å². The molecule has 0 saturated carbocycles. The number of aromatic hydroxyl groups is 1. The Morgan fingerprint density at radius 2 is 1.41 bits per heavy atom. The summed E-state index contributed by atoms with van der Waals surface area (Å²) in [7, 11) is -4.75. The summed E-state index contributed by atoms with van der Waals surface area (Å²) in [5, 5.41) is 21.0. The van der Waals surface area contributed by atoms with Crippen LogP contribution in [0.2, 0.25) is 0 Å². The van der Waals surface area contributed by atoms with E-state index in [1.165, 1.54) is 18.2 Å². The summed E-state index contributed by atoms with van der Waals surface area (Å²) in [6.45, 7) is 0. The normalized spacial score (nSPS) is 12.2. The van der Waals surface area contributed by atoms with Gasteiger partial charge in [-0.3, -0.25) is 0 Å². The van der Waals surface area contributed by atoms with Gasteiger partial charge in [0.1, 0.15) is 27.2 Å². The van der Waals surface area contributed by atoms with E-state index < -0.39 is 15.0 Å². The Labute approximate surface area is 155 Å². The zero-order valence-electron chi connectivity index (χ0n) is 13.9. The highest BCUT2D eigenvalue weighted by molar-refractivity contribution is 7.86. The van der Waals surface area contributed by atoms with E-state index in [1.54, 1.807) is 42.5 Å². The molecule has 0 bridgehead atoms. The van der Waals surface area contributed by atoms with Crippen LogP contribution in [0.1, 0.15) is 0 Å². The van der Waals surface area contributed by atoms with Gasteiger partial charge in [0.15, 0.2) is 0 Å². The number of hydrogen-bond acceptors (Lipinski definition) is 6. The predicted molar refractivity (Wildman–Crippen MR) is 102 cm³/mol. The van der Waals surface area contributed by atoms with E-state index in [2.05, 4.69) is 10.2 Å². The molecule has 0 aliphatic carbocycles. The van der Waals surface area contributed by atoms with E-state index in [9.17, 15) is 18.1 Å². The highest BCUT2D eigenvalue weighted by Gasteiger charge is 2.12. The molecule has 0 spiro atoms. The zero-order chi connectivity index (χ0) is 19.0. The van der Waals surface area contributed by atoms with Gasteiger partial charge >= 0.3 is 0 Å². The first-order valence-electron chi connectivity index (χ1n) is 8.05. The van der Waals surface area contributed by atoms with Gasteiger partial charge < -0.3 is 9.66 Å². The maximum Gasteiger partial charge on any atom is 0.143 e. The van der Waals surface area contributed by atoms with Crippen molar-refractivity contribution < 1.29 is 18.1 Å². The molecule has 6 nitrogen and oxygen atoms in total. The van der Waals surface area contributed by atoms with Crippen molar-refractivity contribution in [3.63, 3.8) is 0 Å². The highest BCUT2D eigenvalue weighted by Crippen LogP contribution is 2.37. The van der Waals surface area contributed by atoms with E-state index in [0.717, 1.165) is 10.8 Å². The second-order valence-corrected chi connectivity index (χ2v) is 7.32. The molecule has 0 atom stereocenters. The van der Waals surface area contributed by atoms with Crippen LogP contribution in [0.5, 0.6) is 5.75 Å². The van der Waals surface area contributed by atoms with Crippen LogP contribution in [0.4, 0.5) is 11.4 Å². The van der Waals surface area contributed by atoms with Crippen LogP contribution in [0.15, 0.2) is 87.9 Å². The third kappa shape index (κ3) is 3.25. The number of azo groups is 1. The first kappa shape index (κ1) is 17.1. The lowest BCUT2D eigenvalue weighted by molar-refractivity contribution is 0.463. The Morgan fingerprint density at radius 3 is 2.11 bits per heavy atom. The van der Waals surface area contributed by atoms with Gasteiger partial charge in [0.25, 0.3) is 0 Å². The summed E-state index contributed by atoms with van der Waals surface area (Å²) in [5.74, 6) is -0.0928. The Morgan fingerprint density at radius 1 is 0.778 bits per heavy atom. The summed E-state index contributed by atoms with van der Waals surface area (Å²) >= 11 is 0. The zero-order valence-corrected chi connectivity index (χ0v) is 14.7. The molecule has 134 valence electrons. The van der Waals surface area contributed by atoms with Gasteiger partial charge in [-0.05, 0) is 34.4 Å². The smallest absolute Gasteiger partial charge is 0.143 e. The fraction of sp³-hybridized carbons (Fsp3) is 0. The molecular weight excluding hydrogens is 364 g/mol. The van der Waals surface area contributed by atoms with Gasteiger partial charge in [0, 0.05) is 5.39 Å². The van der Waals surface area contributed by atoms with E-state index in [-0.39, 0.29) is 17.1 Å². The highest BCUT2D eigenvalue weighted by atomic mass is 32.2. The first-order valence-corrected chi connectivity index (χ1v) is 9.45. The van der Waals surface area contributed by atoms with Gasteiger partial charge in [-0.2, -0.15) is 0 Å². The minimum absolute atomic E-state index is 0.0731. The molecule has 0 heterocycles. The molecule has 0 fully saturated rings. The maximum atomic E-state index is 11.7. The second-order valence-electron chi connectivity index (χ2n) is 5.98. The number of hydrogen-bond donors (Lipinski definition) is 1. The molecule has 0 amide bonds. The molecule has 4 aromatic rings. The molecule has 0 aliphatic rings. The summed E-state index contributed by atoms with van der Waals surface area (Å²) in [6, 6.07) is 20.3. The SMILES string of the molecule is O=S(=O)([O-])c1cc2ccccc2cc1N=Nc1c(O)ccc2ccccc12. The second kappa shape index (κ2) is 6.46. The average molecular weight is 377 g/mol. The Kier molecular flexibility index (Phi) is 4.10. The van der Waals surface area contributed by atoms with Crippen LogP contribution in [-0.4, -0.2) is 18.1 Å². The fourth-order valence-electron chi connectivity index (χ4n) is 2.94. The van der Waals surface area contributed by atoms with Crippen molar-refractivity contribution in [2.24, 2.45) is 10.2 Å². The number of nitrogens with zero attached hydrogens (tertiary/aromatic N) is 2. The minimum atomic E-state index is -4.75. The quantitative estimate of drug-likeness (QED) is 0.400. The van der Waals surface area contributed by atoms with Crippen molar-refractivity contribution in [3.8, 4) is 5.75 Å². The Balaban J connectivity index is 1.93. The monoisotopic (exact) mass is 377 g/mol. The predicted octanol–water partition coefficient (Wildman–Crippen LogP) is 5.02. The molecule has 0 unspecified atom stereocenters. The number of fused-ring (bicyclic) bond motifs is 2. The van der Waals surface area contributed by atoms with Crippen LogP contribution in [0.3, 0.4) is 0 Å². The van der Waals surface area contributed by atoms with Gasteiger partial charge in [-0.15, -0.1) is 10.2 Å². The molecule has 0 radical (unpaired) electrons. The van der Waals surface area contributed by atoms with Gasteiger partial charge in [-0.1, -0.05) is 54.6 Å². The molecule has 0 aromatic heterocycles. The van der Waals surface area contributed by atoms with Crippen LogP contribution < -0.4 is 0 Å². The van der Waals surface area contributed by atoms with Crippen LogP contribution in [-0.2, 0) is 10.1 Å². The molecule has 0 saturated heterocycles. The van der Waals surface area contributed by atoms with Crippen molar-refractivity contribution in [3.05, 3.63) is 72.8 Å². The number of phenols is 1. The largest absolute Gasteiger partial charge is 0.744 e. The van der Waals surface area contributed by atoms with E-state index in [1.807, 2.05) is 12.1 Å². The number of benzene rings is 4. The third-order valence-electron chi connectivity index (χ3n) is 4.23. The van der Waals surface area contributed by atoms with Gasteiger partial charge in [0.2, 0.25) is 0 Å². The van der Waals surface area contributed by atoms with Crippen LogP contribution >= 0.6 is 0 Å². The lowest BCUT2D eigenvalue weighted by Crippen LogP contribution is -1.99. The van der Waals surface area contributed by atoms with Crippen molar-refractivity contribution in [2.45, 2.75) is 4.90 Å². The van der Waals surface area contributed by atoms with Crippen LogP contribution in [0.25, 0.3) is 21.5 Å². The summed E-state index contributed by atoms with van der Waals surface area (Å²) in [5.41, 5.74) is 0.131. The molecule has 4 rings (SSSR count). The van der Waals surface area contributed by atoms with Crippen LogP contribution in [0, 0.1) is 0 Å². The molecule has 1 N–H and O–H groups in total. The number of phenolic OH excluding ortho intramolecular Hbond substituents is 1. The van der Waals surface area contributed by atoms with E-state index in [0.29, 0.717) is 10.8 Å². The third-order valence-corrected chi connectivity index (χ3v) is 5.10. The summed E-state index contributed by atoms with van der Waals surface area (Å²) in [6.07, 6.45) is 0. The minimum Gasteiger partial charge on any atom is -0.744 e. The van der Waals surface area contributed by atoms with E-state index in [4.69, 9.17) is 0 Å².